The maximum absolute atomic E-state index is 12.1. The van der Waals surface area contributed by atoms with E-state index in [1.54, 1.807) is 0 Å². The highest BCUT2D eigenvalue weighted by atomic mass is 32.2. The van der Waals surface area contributed by atoms with Gasteiger partial charge in [0.1, 0.15) is 4.90 Å². The minimum atomic E-state index is -3.61. The molecule has 1 saturated heterocycles. The zero-order chi connectivity index (χ0) is 13.9. The van der Waals surface area contributed by atoms with E-state index < -0.39 is 10.0 Å². The molecule has 8 nitrogen and oxygen atoms in total. The molecule has 1 aromatic rings. The first kappa shape index (κ1) is 14.1. The number of nitrogens with zero attached hydrogens (tertiary/aromatic N) is 2. The van der Waals surface area contributed by atoms with E-state index in [9.17, 15) is 8.42 Å². The quantitative estimate of drug-likeness (QED) is 0.509. The number of hydrogen-bond acceptors (Lipinski definition) is 7. The Morgan fingerprint density at radius 1 is 1.42 bits per heavy atom. The van der Waals surface area contributed by atoms with Crippen molar-refractivity contribution in [2.75, 3.05) is 12.0 Å². The maximum atomic E-state index is 12.1. The Morgan fingerprint density at radius 2 is 2.11 bits per heavy atom. The highest BCUT2D eigenvalue weighted by Crippen LogP contribution is 2.16. The van der Waals surface area contributed by atoms with Crippen LogP contribution in [-0.2, 0) is 14.8 Å². The number of aromatic nitrogens is 2. The SMILES string of the molecule is CC1CC(NS(=O)(=O)c2cnc(NN)nc2)CCO1. The Morgan fingerprint density at radius 3 is 2.68 bits per heavy atom. The summed E-state index contributed by atoms with van der Waals surface area (Å²) in [7, 11) is -3.61. The molecule has 2 rings (SSSR count). The van der Waals surface area contributed by atoms with Crippen LogP contribution in [-0.4, -0.2) is 37.1 Å². The number of sulfonamides is 1. The van der Waals surface area contributed by atoms with Crippen molar-refractivity contribution in [2.45, 2.75) is 36.8 Å². The summed E-state index contributed by atoms with van der Waals surface area (Å²) in [6.45, 7) is 2.48. The van der Waals surface area contributed by atoms with Crippen LogP contribution in [0.2, 0.25) is 0 Å². The van der Waals surface area contributed by atoms with Crippen molar-refractivity contribution in [2.24, 2.45) is 5.84 Å². The van der Waals surface area contributed by atoms with Crippen LogP contribution in [0.3, 0.4) is 0 Å². The molecule has 1 fully saturated rings. The Kier molecular flexibility index (Phi) is 4.30. The first-order valence-electron chi connectivity index (χ1n) is 5.94. The van der Waals surface area contributed by atoms with Crippen molar-refractivity contribution in [3.8, 4) is 0 Å². The molecule has 1 aliphatic heterocycles. The van der Waals surface area contributed by atoms with Gasteiger partial charge in [0, 0.05) is 12.6 Å². The highest BCUT2D eigenvalue weighted by molar-refractivity contribution is 7.89. The molecule has 0 spiro atoms. The summed E-state index contributed by atoms with van der Waals surface area (Å²) in [6, 6.07) is -0.124. The van der Waals surface area contributed by atoms with Gasteiger partial charge in [0.05, 0.1) is 18.5 Å². The van der Waals surface area contributed by atoms with Crippen LogP contribution in [0.4, 0.5) is 5.95 Å². The van der Waals surface area contributed by atoms with Crippen LogP contribution in [0.25, 0.3) is 0 Å². The van der Waals surface area contributed by atoms with E-state index in [-0.39, 0.29) is 23.0 Å². The normalized spacial score (nSPS) is 24.1. The van der Waals surface area contributed by atoms with Gasteiger partial charge in [0.2, 0.25) is 16.0 Å². The van der Waals surface area contributed by atoms with Gasteiger partial charge in [-0.1, -0.05) is 0 Å². The Hall–Kier alpha value is -1.29. The second kappa shape index (κ2) is 5.78. The Labute approximate surface area is 111 Å². The third-order valence-electron chi connectivity index (χ3n) is 2.87. The van der Waals surface area contributed by atoms with E-state index >= 15 is 0 Å². The standard InChI is InChI=1S/C10H17N5O3S/c1-7-4-8(2-3-18-7)15-19(16,17)9-5-12-10(14-11)13-6-9/h5-8,15H,2-4,11H2,1H3,(H,12,13,14). The smallest absolute Gasteiger partial charge is 0.243 e. The molecule has 0 radical (unpaired) electrons. The molecule has 4 N–H and O–H groups in total. The van der Waals surface area contributed by atoms with Crippen LogP contribution >= 0.6 is 0 Å². The van der Waals surface area contributed by atoms with Crippen molar-refractivity contribution in [1.82, 2.24) is 14.7 Å². The van der Waals surface area contributed by atoms with Crippen LogP contribution in [0.1, 0.15) is 19.8 Å². The summed E-state index contributed by atoms with van der Waals surface area (Å²) in [5.41, 5.74) is 2.24. The summed E-state index contributed by atoms with van der Waals surface area (Å²) in [5, 5.41) is 0. The molecule has 0 bridgehead atoms. The lowest BCUT2D eigenvalue weighted by atomic mass is 10.1. The lowest BCUT2D eigenvalue weighted by Crippen LogP contribution is -2.41. The van der Waals surface area contributed by atoms with Gasteiger partial charge >= 0.3 is 0 Å². The van der Waals surface area contributed by atoms with E-state index in [1.165, 1.54) is 12.4 Å². The lowest BCUT2D eigenvalue weighted by Gasteiger charge is -2.27. The van der Waals surface area contributed by atoms with Gasteiger partial charge in [-0.2, -0.15) is 0 Å². The minimum absolute atomic E-state index is 0.0191. The van der Waals surface area contributed by atoms with Crippen LogP contribution in [0, 0.1) is 0 Å². The summed E-state index contributed by atoms with van der Waals surface area (Å²) in [6.07, 6.45) is 3.80. The van der Waals surface area contributed by atoms with E-state index in [0.717, 1.165) is 0 Å². The van der Waals surface area contributed by atoms with Gasteiger partial charge in [-0.25, -0.2) is 29.0 Å². The Bertz CT molecular complexity index is 518. The second-order valence-corrected chi connectivity index (χ2v) is 6.12. The van der Waals surface area contributed by atoms with Gasteiger partial charge < -0.3 is 4.74 Å². The van der Waals surface area contributed by atoms with Crippen molar-refractivity contribution >= 4 is 16.0 Å². The van der Waals surface area contributed by atoms with E-state index in [0.29, 0.717) is 19.4 Å². The third-order valence-corrected chi connectivity index (χ3v) is 4.35. The molecule has 2 atom stereocenters. The average molecular weight is 287 g/mol. The number of hydrazine groups is 1. The minimum Gasteiger partial charge on any atom is -0.378 e. The maximum Gasteiger partial charge on any atom is 0.243 e. The molecule has 9 heteroatoms. The van der Waals surface area contributed by atoms with Crippen molar-refractivity contribution in [3.63, 3.8) is 0 Å². The molecule has 2 unspecified atom stereocenters. The fourth-order valence-electron chi connectivity index (χ4n) is 1.92. The number of anilines is 1. The summed E-state index contributed by atoms with van der Waals surface area (Å²) in [5.74, 6) is 5.29. The second-order valence-electron chi connectivity index (χ2n) is 4.41. The average Bonchev–Trinajstić information content (AvgIpc) is 2.38. The number of nitrogen functional groups attached to an aromatic ring is 1. The number of nitrogens with two attached hydrogens (primary N) is 1. The molecule has 0 aromatic carbocycles. The number of hydrogen-bond donors (Lipinski definition) is 3. The van der Waals surface area contributed by atoms with E-state index in [2.05, 4.69) is 20.1 Å². The molecule has 2 heterocycles. The molecular weight excluding hydrogens is 270 g/mol. The van der Waals surface area contributed by atoms with Gasteiger partial charge in [-0.05, 0) is 19.8 Å². The lowest BCUT2D eigenvalue weighted by molar-refractivity contribution is 0.0173. The van der Waals surface area contributed by atoms with Gasteiger partial charge in [-0.3, -0.25) is 5.43 Å². The molecule has 1 aromatic heterocycles. The number of ether oxygens (including phenoxy) is 1. The molecule has 0 aliphatic carbocycles. The van der Waals surface area contributed by atoms with Crippen molar-refractivity contribution in [1.29, 1.82) is 0 Å². The fourth-order valence-corrected chi connectivity index (χ4v) is 3.09. The van der Waals surface area contributed by atoms with Crippen molar-refractivity contribution in [3.05, 3.63) is 12.4 Å². The molecule has 0 amide bonds. The topological polar surface area (TPSA) is 119 Å². The highest BCUT2D eigenvalue weighted by Gasteiger charge is 2.25. The fraction of sp³-hybridized carbons (Fsp3) is 0.600. The predicted octanol–water partition coefficient (Wildman–Crippen LogP) is -0.392. The molecule has 1 aliphatic rings. The predicted molar refractivity (Wildman–Crippen MR) is 68.6 cm³/mol. The molecular formula is C10H17N5O3S. The monoisotopic (exact) mass is 287 g/mol. The molecule has 106 valence electrons. The zero-order valence-electron chi connectivity index (χ0n) is 10.5. The van der Waals surface area contributed by atoms with Crippen LogP contribution in [0.15, 0.2) is 17.3 Å². The van der Waals surface area contributed by atoms with Gasteiger partial charge in [-0.15, -0.1) is 0 Å². The number of nitrogens with one attached hydrogen (secondary N) is 2. The zero-order valence-corrected chi connectivity index (χ0v) is 11.4. The Balaban J connectivity index is 2.08. The third kappa shape index (κ3) is 3.60. The largest absolute Gasteiger partial charge is 0.378 e. The van der Waals surface area contributed by atoms with Crippen LogP contribution in [0.5, 0.6) is 0 Å². The summed E-state index contributed by atoms with van der Waals surface area (Å²) < 4.78 is 32.3. The van der Waals surface area contributed by atoms with E-state index in [1.807, 2.05) is 6.92 Å². The summed E-state index contributed by atoms with van der Waals surface area (Å²) >= 11 is 0. The van der Waals surface area contributed by atoms with E-state index in [4.69, 9.17) is 10.6 Å². The summed E-state index contributed by atoms with van der Waals surface area (Å²) in [4.78, 5) is 7.58. The van der Waals surface area contributed by atoms with Crippen LogP contribution < -0.4 is 16.0 Å². The molecule has 19 heavy (non-hydrogen) atoms. The first-order valence-corrected chi connectivity index (χ1v) is 7.42. The first-order chi connectivity index (χ1) is 9.01. The van der Waals surface area contributed by atoms with Gasteiger partial charge in [0.25, 0.3) is 0 Å². The number of rotatable bonds is 4. The molecule has 0 saturated carbocycles. The van der Waals surface area contributed by atoms with Gasteiger partial charge in [0.15, 0.2) is 0 Å². The van der Waals surface area contributed by atoms with Crippen molar-refractivity contribution < 1.29 is 13.2 Å².